The van der Waals surface area contributed by atoms with E-state index < -0.39 is 0 Å². The van der Waals surface area contributed by atoms with Crippen molar-refractivity contribution in [3.05, 3.63) is 0 Å². The van der Waals surface area contributed by atoms with E-state index in [-0.39, 0.29) is 5.54 Å². The van der Waals surface area contributed by atoms with Crippen LogP contribution in [0.1, 0.15) is 58.8 Å². The van der Waals surface area contributed by atoms with Gasteiger partial charge in [0.05, 0.1) is 13.2 Å². The first-order valence-corrected chi connectivity index (χ1v) is 11.6. The van der Waals surface area contributed by atoms with Crippen LogP contribution in [0.3, 0.4) is 0 Å². The lowest BCUT2D eigenvalue weighted by atomic mass is 9.80. The quantitative estimate of drug-likeness (QED) is 0.536. The predicted octanol–water partition coefficient (Wildman–Crippen LogP) is 2.31. The summed E-state index contributed by atoms with van der Waals surface area (Å²) in [6.07, 6.45) is 9.30. The van der Waals surface area contributed by atoms with E-state index in [9.17, 15) is 0 Å². The summed E-state index contributed by atoms with van der Waals surface area (Å²) in [7, 11) is 1.90. The zero-order valence-corrected chi connectivity index (χ0v) is 18.5. The number of aliphatic imine (C=N–C) groups is 1. The van der Waals surface area contributed by atoms with Crippen LogP contribution >= 0.6 is 0 Å². The molecule has 3 fully saturated rings. The van der Waals surface area contributed by atoms with Gasteiger partial charge in [-0.15, -0.1) is 0 Å². The highest BCUT2D eigenvalue weighted by molar-refractivity contribution is 5.79. The Labute approximate surface area is 172 Å². The number of ether oxygens (including phenoxy) is 1. The maximum absolute atomic E-state index is 5.61. The van der Waals surface area contributed by atoms with Gasteiger partial charge in [-0.2, -0.15) is 0 Å². The third kappa shape index (κ3) is 5.83. The van der Waals surface area contributed by atoms with E-state index in [4.69, 9.17) is 4.74 Å². The summed E-state index contributed by atoms with van der Waals surface area (Å²) in [5.74, 6) is 1.69. The number of hydrogen-bond acceptors (Lipinski definition) is 4. The molecule has 0 radical (unpaired) electrons. The molecule has 2 aliphatic heterocycles. The van der Waals surface area contributed by atoms with Crippen LogP contribution in [0.25, 0.3) is 0 Å². The third-order valence-corrected chi connectivity index (χ3v) is 7.11. The van der Waals surface area contributed by atoms with Crippen molar-refractivity contribution in [2.45, 2.75) is 70.4 Å². The number of nitrogens with zero attached hydrogens (tertiary/aromatic N) is 3. The Morgan fingerprint density at radius 2 is 1.82 bits per heavy atom. The summed E-state index contributed by atoms with van der Waals surface area (Å²) >= 11 is 0. The van der Waals surface area contributed by atoms with Gasteiger partial charge in [-0.1, -0.05) is 19.3 Å². The smallest absolute Gasteiger partial charge is 0.191 e. The lowest BCUT2D eigenvalue weighted by Crippen LogP contribution is -2.60. The van der Waals surface area contributed by atoms with Crippen LogP contribution < -0.4 is 10.6 Å². The lowest BCUT2D eigenvalue weighted by Gasteiger charge is -2.48. The Morgan fingerprint density at radius 3 is 2.50 bits per heavy atom. The van der Waals surface area contributed by atoms with Gasteiger partial charge in [-0.25, -0.2) is 0 Å². The molecule has 6 heteroatoms. The maximum Gasteiger partial charge on any atom is 0.191 e. The normalized spacial score (nSPS) is 27.7. The molecule has 1 unspecified atom stereocenters. The Kier molecular flexibility index (Phi) is 8.42. The van der Waals surface area contributed by atoms with E-state index in [0.29, 0.717) is 6.04 Å². The molecule has 0 amide bonds. The Bertz CT molecular complexity index is 483. The highest BCUT2D eigenvalue weighted by Crippen LogP contribution is 2.33. The second-order valence-corrected chi connectivity index (χ2v) is 9.29. The fourth-order valence-corrected chi connectivity index (χ4v) is 5.30. The number of hydrogen-bond donors (Lipinski definition) is 2. The largest absolute Gasteiger partial charge is 0.379 e. The van der Waals surface area contributed by atoms with Crippen molar-refractivity contribution in [2.24, 2.45) is 10.9 Å². The Morgan fingerprint density at radius 1 is 1.07 bits per heavy atom. The number of piperidine rings is 1. The Balaban J connectivity index is 1.50. The monoisotopic (exact) mass is 393 g/mol. The molecule has 2 N–H and O–H groups in total. The molecule has 2 saturated heterocycles. The first-order chi connectivity index (χ1) is 13.6. The fraction of sp³-hybridized carbons (Fsp3) is 0.955. The van der Waals surface area contributed by atoms with Gasteiger partial charge in [0, 0.05) is 51.4 Å². The number of rotatable bonds is 6. The molecule has 3 aliphatic rings. The molecule has 28 heavy (non-hydrogen) atoms. The summed E-state index contributed by atoms with van der Waals surface area (Å²) in [6.45, 7) is 13.0. The van der Waals surface area contributed by atoms with E-state index in [0.717, 1.165) is 51.3 Å². The minimum Gasteiger partial charge on any atom is -0.379 e. The molecule has 1 saturated carbocycles. The van der Waals surface area contributed by atoms with E-state index in [1.807, 2.05) is 7.05 Å². The van der Waals surface area contributed by atoms with Gasteiger partial charge in [0.15, 0.2) is 5.96 Å². The minimum absolute atomic E-state index is 0.277. The zero-order chi connectivity index (χ0) is 19.8. The van der Waals surface area contributed by atoms with E-state index in [2.05, 4.69) is 39.3 Å². The standard InChI is InChI=1S/C22H43N5O/c1-19(2)26-11-7-8-20(17-26)16-24-21(23-3)25-18-22(9-5-4-6-10-22)27-12-14-28-15-13-27/h19-20H,4-18H2,1-3H3,(H2,23,24,25). The number of morpholine rings is 1. The van der Waals surface area contributed by atoms with Crippen LogP contribution in [0, 0.1) is 5.92 Å². The van der Waals surface area contributed by atoms with Crippen molar-refractivity contribution in [1.82, 2.24) is 20.4 Å². The van der Waals surface area contributed by atoms with Gasteiger partial charge in [-0.05, 0) is 52.0 Å². The number of nitrogens with one attached hydrogen (secondary N) is 2. The SMILES string of the molecule is CN=C(NCC1CCCN(C(C)C)C1)NCC1(N2CCOCC2)CCCCC1. The van der Waals surface area contributed by atoms with Crippen molar-refractivity contribution in [1.29, 1.82) is 0 Å². The highest BCUT2D eigenvalue weighted by Gasteiger charge is 2.38. The summed E-state index contributed by atoms with van der Waals surface area (Å²) in [5.41, 5.74) is 0.277. The first-order valence-electron chi connectivity index (χ1n) is 11.6. The summed E-state index contributed by atoms with van der Waals surface area (Å²) in [6, 6.07) is 0.653. The van der Waals surface area contributed by atoms with Gasteiger partial charge in [0.25, 0.3) is 0 Å². The minimum atomic E-state index is 0.277. The van der Waals surface area contributed by atoms with Crippen molar-refractivity contribution < 1.29 is 4.74 Å². The van der Waals surface area contributed by atoms with Gasteiger partial charge in [-0.3, -0.25) is 9.89 Å². The summed E-state index contributed by atoms with van der Waals surface area (Å²) in [5, 5.41) is 7.32. The molecule has 3 rings (SSSR count). The van der Waals surface area contributed by atoms with Crippen LogP contribution in [0.2, 0.25) is 0 Å². The average Bonchev–Trinajstić information content (AvgIpc) is 2.75. The molecule has 2 heterocycles. The van der Waals surface area contributed by atoms with E-state index >= 15 is 0 Å². The second-order valence-electron chi connectivity index (χ2n) is 9.29. The molecule has 6 nitrogen and oxygen atoms in total. The van der Waals surface area contributed by atoms with Crippen LogP contribution in [0.15, 0.2) is 4.99 Å². The summed E-state index contributed by atoms with van der Waals surface area (Å²) < 4.78 is 5.61. The van der Waals surface area contributed by atoms with Crippen LogP contribution in [0.5, 0.6) is 0 Å². The molecule has 1 atom stereocenters. The molecule has 162 valence electrons. The van der Waals surface area contributed by atoms with Gasteiger partial charge < -0.3 is 20.3 Å². The highest BCUT2D eigenvalue weighted by atomic mass is 16.5. The molecule has 0 bridgehead atoms. The van der Waals surface area contributed by atoms with Crippen molar-refractivity contribution in [3.63, 3.8) is 0 Å². The van der Waals surface area contributed by atoms with Gasteiger partial charge in [0.2, 0.25) is 0 Å². The average molecular weight is 394 g/mol. The maximum atomic E-state index is 5.61. The lowest BCUT2D eigenvalue weighted by molar-refractivity contribution is -0.0352. The Hall–Kier alpha value is -0.850. The molecule has 0 aromatic rings. The molecule has 0 spiro atoms. The predicted molar refractivity (Wildman–Crippen MR) is 117 cm³/mol. The van der Waals surface area contributed by atoms with Gasteiger partial charge >= 0.3 is 0 Å². The van der Waals surface area contributed by atoms with Crippen molar-refractivity contribution in [3.8, 4) is 0 Å². The molecular weight excluding hydrogens is 350 g/mol. The topological polar surface area (TPSA) is 52.1 Å². The second kappa shape index (κ2) is 10.8. The van der Waals surface area contributed by atoms with Crippen LogP contribution in [-0.4, -0.2) is 86.9 Å². The molecular formula is C22H43N5O. The number of likely N-dealkylation sites (tertiary alicyclic amines) is 1. The van der Waals surface area contributed by atoms with Crippen molar-refractivity contribution >= 4 is 5.96 Å². The van der Waals surface area contributed by atoms with E-state index in [1.54, 1.807) is 0 Å². The molecule has 0 aromatic carbocycles. The summed E-state index contributed by atoms with van der Waals surface area (Å²) in [4.78, 5) is 9.83. The third-order valence-electron chi connectivity index (χ3n) is 7.11. The van der Waals surface area contributed by atoms with E-state index in [1.165, 1.54) is 58.0 Å². The van der Waals surface area contributed by atoms with Crippen molar-refractivity contribution in [2.75, 3.05) is 59.5 Å². The number of guanidine groups is 1. The molecule has 1 aliphatic carbocycles. The zero-order valence-electron chi connectivity index (χ0n) is 18.5. The fourth-order valence-electron chi connectivity index (χ4n) is 5.30. The first kappa shape index (κ1) is 21.8. The molecule has 0 aromatic heterocycles. The van der Waals surface area contributed by atoms with Gasteiger partial charge in [0.1, 0.15) is 0 Å². The van der Waals surface area contributed by atoms with Crippen LogP contribution in [-0.2, 0) is 4.74 Å². The van der Waals surface area contributed by atoms with Crippen LogP contribution in [0.4, 0.5) is 0 Å².